The second kappa shape index (κ2) is 6.63. The maximum absolute atomic E-state index is 12.8. The number of hydrogen-bond acceptors (Lipinski definition) is 3. The van der Waals surface area contributed by atoms with Gasteiger partial charge >= 0.3 is 0 Å². The van der Waals surface area contributed by atoms with E-state index in [1.165, 1.54) is 0 Å². The Hall–Kier alpha value is -3.01. The lowest BCUT2D eigenvalue weighted by Gasteiger charge is -2.21. The molecule has 4 nitrogen and oxygen atoms in total. The van der Waals surface area contributed by atoms with Gasteiger partial charge in [-0.15, -0.1) is 0 Å². The summed E-state index contributed by atoms with van der Waals surface area (Å²) in [5.74, 6) is 0.510. The molecule has 1 amide bonds. The van der Waals surface area contributed by atoms with E-state index < -0.39 is 0 Å². The van der Waals surface area contributed by atoms with Crippen molar-refractivity contribution in [3.05, 3.63) is 90.4 Å². The molecule has 0 radical (unpaired) electrons. The van der Waals surface area contributed by atoms with Gasteiger partial charge in [0, 0.05) is 18.6 Å². The number of anilines is 1. The van der Waals surface area contributed by atoms with Crippen molar-refractivity contribution in [3.63, 3.8) is 0 Å². The van der Waals surface area contributed by atoms with Crippen LogP contribution in [0.3, 0.4) is 0 Å². The molecule has 3 rings (SSSR count). The number of hydrogen-bond donors (Lipinski definition) is 0. The average molecular weight is 289 g/mol. The zero-order chi connectivity index (χ0) is 15.2. The Morgan fingerprint density at radius 3 is 2.41 bits per heavy atom. The first-order chi connectivity index (χ1) is 10.8. The van der Waals surface area contributed by atoms with Gasteiger partial charge in [-0.1, -0.05) is 36.4 Å². The van der Waals surface area contributed by atoms with Gasteiger partial charge in [-0.05, 0) is 29.8 Å². The fourth-order valence-corrected chi connectivity index (χ4v) is 2.18. The number of aromatic nitrogens is 2. The number of amides is 1. The second-order valence-electron chi connectivity index (χ2n) is 4.81. The van der Waals surface area contributed by atoms with Gasteiger partial charge in [0.1, 0.15) is 5.82 Å². The van der Waals surface area contributed by atoms with E-state index in [1.54, 1.807) is 35.6 Å². The third-order valence-electron chi connectivity index (χ3n) is 3.26. The summed E-state index contributed by atoms with van der Waals surface area (Å²) in [4.78, 5) is 22.8. The van der Waals surface area contributed by atoms with Gasteiger partial charge in [0.2, 0.25) is 0 Å². The molecule has 22 heavy (non-hydrogen) atoms. The molecule has 2 aromatic heterocycles. The van der Waals surface area contributed by atoms with Crippen LogP contribution in [0.15, 0.2) is 79.3 Å². The minimum atomic E-state index is -0.115. The van der Waals surface area contributed by atoms with Crippen LogP contribution < -0.4 is 4.90 Å². The summed E-state index contributed by atoms with van der Waals surface area (Å²) in [6, 6.07) is 18.9. The lowest BCUT2D eigenvalue weighted by molar-refractivity contribution is 0.0984. The molecule has 0 aliphatic rings. The van der Waals surface area contributed by atoms with Crippen molar-refractivity contribution in [1.82, 2.24) is 9.97 Å². The van der Waals surface area contributed by atoms with Crippen molar-refractivity contribution in [1.29, 1.82) is 0 Å². The first kappa shape index (κ1) is 13.9. The fourth-order valence-electron chi connectivity index (χ4n) is 2.18. The van der Waals surface area contributed by atoms with Gasteiger partial charge in [0.25, 0.3) is 5.91 Å². The molecule has 4 heteroatoms. The zero-order valence-electron chi connectivity index (χ0n) is 12.0. The van der Waals surface area contributed by atoms with E-state index in [0.717, 1.165) is 5.56 Å². The summed E-state index contributed by atoms with van der Waals surface area (Å²) in [6.07, 6.45) is 4.91. The highest BCUT2D eigenvalue weighted by atomic mass is 16.2. The first-order valence-corrected chi connectivity index (χ1v) is 7.01. The van der Waals surface area contributed by atoms with Crippen molar-refractivity contribution in [2.24, 2.45) is 0 Å². The molecule has 0 N–H and O–H groups in total. The van der Waals surface area contributed by atoms with E-state index in [0.29, 0.717) is 17.9 Å². The monoisotopic (exact) mass is 289 g/mol. The summed E-state index contributed by atoms with van der Waals surface area (Å²) in [5, 5.41) is 0. The van der Waals surface area contributed by atoms with Gasteiger partial charge in [-0.25, -0.2) is 4.98 Å². The van der Waals surface area contributed by atoms with E-state index >= 15 is 0 Å². The molecule has 0 aliphatic carbocycles. The summed E-state index contributed by atoms with van der Waals surface area (Å²) in [6.45, 7) is 0.464. The van der Waals surface area contributed by atoms with Crippen LogP contribution in [-0.4, -0.2) is 15.9 Å². The van der Waals surface area contributed by atoms with Crippen LogP contribution in [0, 0.1) is 0 Å². The molecule has 0 aliphatic heterocycles. The Labute approximate surface area is 129 Å². The predicted molar refractivity (Wildman–Crippen MR) is 85.4 cm³/mol. The fraction of sp³-hybridized carbons (Fsp3) is 0.0556. The second-order valence-corrected chi connectivity index (χ2v) is 4.81. The minimum absolute atomic E-state index is 0.115. The van der Waals surface area contributed by atoms with E-state index in [4.69, 9.17) is 0 Å². The molecule has 1 aromatic carbocycles. The summed E-state index contributed by atoms with van der Waals surface area (Å²) < 4.78 is 0. The third kappa shape index (κ3) is 3.17. The van der Waals surface area contributed by atoms with Crippen molar-refractivity contribution >= 4 is 11.7 Å². The number of nitrogens with zero attached hydrogens (tertiary/aromatic N) is 3. The normalized spacial score (nSPS) is 10.2. The number of benzene rings is 1. The molecule has 3 aromatic rings. The summed E-state index contributed by atoms with van der Waals surface area (Å²) in [7, 11) is 0. The Bertz CT molecular complexity index is 730. The maximum atomic E-state index is 12.8. The standard InChI is InChI=1S/C18H15N3O/c22-18(16-9-6-11-19-13-16)21(17-10-4-5-12-20-17)14-15-7-2-1-3-8-15/h1-13H,14H2. The van der Waals surface area contributed by atoms with E-state index in [1.807, 2.05) is 48.5 Å². The Morgan fingerprint density at radius 2 is 1.73 bits per heavy atom. The summed E-state index contributed by atoms with van der Waals surface area (Å²) in [5.41, 5.74) is 1.59. The smallest absolute Gasteiger partial charge is 0.261 e. The molecule has 108 valence electrons. The van der Waals surface area contributed by atoms with Gasteiger partial charge in [-0.2, -0.15) is 0 Å². The molecule has 0 spiro atoms. The van der Waals surface area contributed by atoms with Crippen LogP contribution in [0.25, 0.3) is 0 Å². The maximum Gasteiger partial charge on any atom is 0.261 e. The number of carbonyl (C=O) groups is 1. The van der Waals surface area contributed by atoms with Crippen LogP contribution in [0.5, 0.6) is 0 Å². The van der Waals surface area contributed by atoms with Crippen molar-refractivity contribution in [2.75, 3.05) is 4.90 Å². The Kier molecular flexibility index (Phi) is 4.20. The van der Waals surface area contributed by atoms with E-state index in [-0.39, 0.29) is 5.91 Å². The highest BCUT2D eigenvalue weighted by Gasteiger charge is 2.19. The van der Waals surface area contributed by atoms with Crippen LogP contribution in [0.2, 0.25) is 0 Å². The number of rotatable bonds is 4. The third-order valence-corrected chi connectivity index (χ3v) is 3.26. The lowest BCUT2D eigenvalue weighted by Crippen LogP contribution is -2.31. The van der Waals surface area contributed by atoms with E-state index in [9.17, 15) is 4.79 Å². The predicted octanol–water partition coefficient (Wildman–Crippen LogP) is 3.32. The molecule has 0 atom stereocenters. The van der Waals surface area contributed by atoms with Gasteiger partial charge < -0.3 is 0 Å². The minimum Gasteiger partial charge on any atom is -0.288 e. The molecule has 0 saturated heterocycles. The highest BCUT2D eigenvalue weighted by molar-refractivity contribution is 6.05. The number of carbonyl (C=O) groups excluding carboxylic acids is 1. The molecule has 0 bridgehead atoms. The highest BCUT2D eigenvalue weighted by Crippen LogP contribution is 2.17. The first-order valence-electron chi connectivity index (χ1n) is 7.01. The largest absolute Gasteiger partial charge is 0.288 e. The van der Waals surface area contributed by atoms with Crippen LogP contribution >= 0.6 is 0 Å². The van der Waals surface area contributed by atoms with E-state index in [2.05, 4.69) is 9.97 Å². The van der Waals surface area contributed by atoms with Gasteiger partial charge in [-0.3, -0.25) is 14.7 Å². The quantitative estimate of drug-likeness (QED) is 0.740. The van der Waals surface area contributed by atoms with Gasteiger partial charge in [0.15, 0.2) is 0 Å². The van der Waals surface area contributed by atoms with Crippen molar-refractivity contribution < 1.29 is 4.79 Å². The Balaban J connectivity index is 1.95. The molecule has 0 saturated carbocycles. The topological polar surface area (TPSA) is 46.1 Å². The molecule has 0 fully saturated rings. The number of pyridine rings is 2. The molecule has 0 unspecified atom stereocenters. The van der Waals surface area contributed by atoms with Gasteiger partial charge in [0.05, 0.1) is 12.1 Å². The summed E-state index contributed by atoms with van der Waals surface area (Å²) >= 11 is 0. The molecule has 2 heterocycles. The van der Waals surface area contributed by atoms with Crippen LogP contribution in [0.4, 0.5) is 5.82 Å². The SMILES string of the molecule is O=C(c1cccnc1)N(Cc1ccccc1)c1ccccn1. The molecular formula is C18H15N3O. The zero-order valence-corrected chi connectivity index (χ0v) is 12.0. The van der Waals surface area contributed by atoms with Crippen LogP contribution in [0.1, 0.15) is 15.9 Å². The lowest BCUT2D eigenvalue weighted by atomic mass is 10.2. The van der Waals surface area contributed by atoms with Crippen LogP contribution in [-0.2, 0) is 6.54 Å². The van der Waals surface area contributed by atoms with Crippen molar-refractivity contribution in [2.45, 2.75) is 6.54 Å². The molecular weight excluding hydrogens is 274 g/mol. The average Bonchev–Trinajstić information content (AvgIpc) is 2.61. The Morgan fingerprint density at radius 1 is 0.909 bits per heavy atom. The van der Waals surface area contributed by atoms with Crippen molar-refractivity contribution in [3.8, 4) is 0 Å².